The summed E-state index contributed by atoms with van der Waals surface area (Å²) >= 11 is 5.73. The van der Waals surface area contributed by atoms with Crippen molar-refractivity contribution in [1.82, 2.24) is 0 Å². The Morgan fingerprint density at radius 2 is 1.58 bits per heavy atom. The van der Waals surface area contributed by atoms with Crippen LogP contribution in [-0.4, -0.2) is 4.92 Å². The first-order chi connectivity index (χ1) is 12.7. The third-order valence-corrected chi connectivity index (χ3v) is 3.98. The number of alkyl halides is 1. The van der Waals surface area contributed by atoms with Crippen LogP contribution in [0.1, 0.15) is 11.1 Å². The second-order valence-electron chi connectivity index (χ2n) is 5.54. The predicted molar refractivity (Wildman–Crippen MR) is 99.9 cm³/mol. The molecule has 0 aliphatic carbocycles. The zero-order valence-electron chi connectivity index (χ0n) is 13.8. The lowest BCUT2D eigenvalue weighted by Crippen LogP contribution is -1.96. The Morgan fingerprint density at radius 3 is 2.23 bits per heavy atom. The molecule has 0 heterocycles. The summed E-state index contributed by atoms with van der Waals surface area (Å²) in [7, 11) is 0. The molecular weight excluding hydrogens is 354 g/mol. The minimum absolute atomic E-state index is 0.118. The van der Waals surface area contributed by atoms with Gasteiger partial charge in [0.25, 0.3) is 0 Å². The van der Waals surface area contributed by atoms with Crippen molar-refractivity contribution < 1.29 is 14.4 Å². The maximum absolute atomic E-state index is 11.2. The van der Waals surface area contributed by atoms with E-state index in [2.05, 4.69) is 0 Å². The fourth-order valence-electron chi connectivity index (χ4n) is 2.35. The summed E-state index contributed by atoms with van der Waals surface area (Å²) in [5.74, 6) is 1.54. The van der Waals surface area contributed by atoms with E-state index in [-0.39, 0.29) is 17.3 Å². The van der Waals surface area contributed by atoms with Crippen molar-refractivity contribution in [3.05, 3.63) is 94.0 Å². The second-order valence-corrected chi connectivity index (χ2v) is 5.81. The molecule has 0 bridgehead atoms. The van der Waals surface area contributed by atoms with E-state index in [1.165, 1.54) is 6.07 Å². The first kappa shape index (κ1) is 17.8. The zero-order valence-corrected chi connectivity index (χ0v) is 14.6. The lowest BCUT2D eigenvalue weighted by atomic mass is 10.2. The van der Waals surface area contributed by atoms with Gasteiger partial charge in [0.1, 0.15) is 18.1 Å². The molecule has 0 saturated heterocycles. The summed E-state index contributed by atoms with van der Waals surface area (Å²) in [5, 5.41) is 11.2. The molecule has 0 N–H and O–H groups in total. The molecule has 6 heteroatoms. The zero-order chi connectivity index (χ0) is 18.4. The predicted octanol–water partition coefficient (Wildman–Crippen LogP) is 5.70. The van der Waals surface area contributed by atoms with Crippen LogP contribution in [0.25, 0.3) is 0 Å². The monoisotopic (exact) mass is 369 g/mol. The summed E-state index contributed by atoms with van der Waals surface area (Å²) in [4.78, 5) is 10.7. The number of halogens is 1. The van der Waals surface area contributed by atoms with Gasteiger partial charge in [0, 0.05) is 11.9 Å². The van der Waals surface area contributed by atoms with Crippen molar-refractivity contribution in [3.63, 3.8) is 0 Å². The van der Waals surface area contributed by atoms with E-state index in [0.717, 1.165) is 5.56 Å². The van der Waals surface area contributed by atoms with Crippen LogP contribution in [0, 0.1) is 10.1 Å². The highest BCUT2D eigenvalue weighted by atomic mass is 35.5. The van der Waals surface area contributed by atoms with Crippen molar-refractivity contribution in [3.8, 4) is 17.2 Å². The number of benzene rings is 3. The van der Waals surface area contributed by atoms with Gasteiger partial charge >= 0.3 is 5.69 Å². The summed E-state index contributed by atoms with van der Waals surface area (Å²) in [6.07, 6.45) is 0. The van der Waals surface area contributed by atoms with Crippen LogP contribution < -0.4 is 9.47 Å². The van der Waals surface area contributed by atoms with Gasteiger partial charge in [0.15, 0.2) is 0 Å². The molecule has 0 radical (unpaired) electrons. The molecule has 0 unspecified atom stereocenters. The Balaban J connectivity index is 1.68. The molecule has 132 valence electrons. The largest absolute Gasteiger partial charge is 0.489 e. The topological polar surface area (TPSA) is 61.6 Å². The summed E-state index contributed by atoms with van der Waals surface area (Å²) in [6.45, 7) is 0.465. The summed E-state index contributed by atoms with van der Waals surface area (Å²) < 4.78 is 11.4. The van der Waals surface area contributed by atoms with E-state index in [1.807, 2.05) is 30.3 Å². The molecule has 0 atom stereocenters. The molecule has 0 saturated carbocycles. The number of nitro benzene ring substituents is 1. The lowest BCUT2D eigenvalue weighted by Gasteiger charge is -2.09. The van der Waals surface area contributed by atoms with Gasteiger partial charge in [0.05, 0.1) is 4.92 Å². The molecule has 0 spiro atoms. The van der Waals surface area contributed by atoms with Gasteiger partial charge in [-0.1, -0.05) is 36.4 Å². The van der Waals surface area contributed by atoms with E-state index in [0.29, 0.717) is 23.7 Å². The van der Waals surface area contributed by atoms with Gasteiger partial charge in [-0.15, -0.1) is 11.6 Å². The van der Waals surface area contributed by atoms with Gasteiger partial charge in [-0.2, -0.15) is 0 Å². The fourth-order valence-corrected chi connectivity index (χ4v) is 2.51. The fraction of sp³-hybridized carbons (Fsp3) is 0.100. The number of hydrogen-bond acceptors (Lipinski definition) is 4. The normalized spacial score (nSPS) is 10.3. The standard InChI is InChI=1S/C20H16ClNO4/c21-13-16-6-11-20(19(12-16)22(23)24)26-18-9-7-17(8-10-18)25-14-15-4-2-1-3-5-15/h1-12H,13-14H2. The van der Waals surface area contributed by atoms with Crippen LogP contribution in [0.15, 0.2) is 72.8 Å². The average Bonchev–Trinajstić information content (AvgIpc) is 2.68. The molecule has 0 aromatic heterocycles. The molecule has 0 fully saturated rings. The van der Waals surface area contributed by atoms with E-state index >= 15 is 0 Å². The number of ether oxygens (including phenoxy) is 2. The molecular formula is C20H16ClNO4. The molecule has 5 nitrogen and oxygen atoms in total. The number of hydrogen-bond donors (Lipinski definition) is 0. The SMILES string of the molecule is O=[N+]([O-])c1cc(CCl)ccc1Oc1ccc(OCc2ccccc2)cc1. The lowest BCUT2D eigenvalue weighted by molar-refractivity contribution is -0.385. The molecule has 26 heavy (non-hydrogen) atoms. The first-order valence-electron chi connectivity index (χ1n) is 7.93. The van der Waals surface area contributed by atoms with Crippen LogP contribution in [0.2, 0.25) is 0 Å². The van der Waals surface area contributed by atoms with Gasteiger partial charge in [-0.3, -0.25) is 10.1 Å². The minimum Gasteiger partial charge on any atom is -0.489 e. The summed E-state index contributed by atoms with van der Waals surface area (Å²) in [5.41, 5.74) is 1.62. The highest BCUT2D eigenvalue weighted by Crippen LogP contribution is 2.33. The van der Waals surface area contributed by atoms with Crippen LogP contribution >= 0.6 is 11.6 Å². The molecule has 0 aliphatic rings. The third-order valence-electron chi connectivity index (χ3n) is 3.67. The molecule has 3 aromatic carbocycles. The maximum Gasteiger partial charge on any atom is 0.311 e. The van der Waals surface area contributed by atoms with Crippen molar-refractivity contribution in [2.75, 3.05) is 0 Å². The van der Waals surface area contributed by atoms with Gasteiger partial charge in [-0.25, -0.2) is 0 Å². The van der Waals surface area contributed by atoms with Crippen LogP contribution in [0.3, 0.4) is 0 Å². The van der Waals surface area contributed by atoms with Crippen LogP contribution in [0.4, 0.5) is 5.69 Å². The van der Waals surface area contributed by atoms with E-state index < -0.39 is 4.92 Å². The Hall–Kier alpha value is -3.05. The molecule has 3 rings (SSSR count). The minimum atomic E-state index is -0.483. The third kappa shape index (κ3) is 4.52. The van der Waals surface area contributed by atoms with Gasteiger partial charge in [0.2, 0.25) is 5.75 Å². The van der Waals surface area contributed by atoms with Crippen molar-refractivity contribution >= 4 is 17.3 Å². The quantitative estimate of drug-likeness (QED) is 0.304. The first-order valence-corrected chi connectivity index (χ1v) is 8.47. The van der Waals surface area contributed by atoms with Crippen LogP contribution in [-0.2, 0) is 12.5 Å². The average molecular weight is 370 g/mol. The second kappa shape index (κ2) is 8.36. The highest BCUT2D eigenvalue weighted by Gasteiger charge is 2.16. The van der Waals surface area contributed by atoms with Crippen molar-refractivity contribution in [2.24, 2.45) is 0 Å². The smallest absolute Gasteiger partial charge is 0.311 e. The molecule has 3 aromatic rings. The van der Waals surface area contributed by atoms with E-state index in [4.69, 9.17) is 21.1 Å². The van der Waals surface area contributed by atoms with Crippen molar-refractivity contribution in [2.45, 2.75) is 12.5 Å². The Morgan fingerprint density at radius 1 is 0.885 bits per heavy atom. The van der Waals surface area contributed by atoms with Gasteiger partial charge in [-0.05, 0) is 41.5 Å². The Bertz CT molecular complexity index is 882. The van der Waals surface area contributed by atoms with Crippen molar-refractivity contribution in [1.29, 1.82) is 0 Å². The Labute approximate surface area is 155 Å². The molecule has 0 aliphatic heterocycles. The van der Waals surface area contributed by atoms with E-state index in [1.54, 1.807) is 36.4 Å². The number of nitrogens with zero attached hydrogens (tertiary/aromatic N) is 1. The maximum atomic E-state index is 11.2. The van der Waals surface area contributed by atoms with Gasteiger partial charge < -0.3 is 9.47 Å². The van der Waals surface area contributed by atoms with E-state index in [9.17, 15) is 10.1 Å². The summed E-state index contributed by atoms with van der Waals surface area (Å²) in [6, 6.07) is 21.4. The highest BCUT2D eigenvalue weighted by molar-refractivity contribution is 6.17. The number of nitro groups is 1. The van der Waals surface area contributed by atoms with Crippen LogP contribution in [0.5, 0.6) is 17.2 Å². The molecule has 0 amide bonds. The Kier molecular flexibility index (Phi) is 5.71. The number of rotatable bonds is 7.